The van der Waals surface area contributed by atoms with Gasteiger partial charge in [0.05, 0.1) is 7.11 Å². The van der Waals surface area contributed by atoms with E-state index in [1.807, 2.05) is 18.9 Å². The van der Waals surface area contributed by atoms with Gasteiger partial charge in [0.2, 0.25) is 11.6 Å². The van der Waals surface area contributed by atoms with Crippen LogP contribution >= 0.6 is 0 Å². The molecule has 0 spiro atoms. The van der Waals surface area contributed by atoms with Gasteiger partial charge in [0.1, 0.15) is 11.5 Å². The summed E-state index contributed by atoms with van der Waals surface area (Å²) in [6.07, 6.45) is 5.13. The van der Waals surface area contributed by atoms with Gasteiger partial charge in [-0.25, -0.2) is 4.99 Å². The fourth-order valence-electron chi connectivity index (χ4n) is 2.34. The molecule has 9 heteroatoms. The van der Waals surface area contributed by atoms with Gasteiger partial charge < -0.3 is 10.6 Å². The lowest BCUT2D eigenvalue weighted by Crippen LogP contribution is -2.95. The second kappa shape index (κ2) is 10.4. The maximum absolute atomic E-state index is 12.3. The molecule has 0 heterocycles. The number of Topliss-reactive ketones (excluding diaryl/α,β-unsaturated/α-hetero) is 1. The van der Waals surface area contributed by atoms with Crippen LogP contribution in [0.3, 0.4) is 0 Å². The summed E-state index contributed by atoms with van der Waals surface area (Å²) in [5, 5.41) is 1.36. The number of hydrogen-bond donors (Lipinski definition) is 3. The smallest absolute Gasteiger partial charge is 0.211 e. The molecule has 0 fully saturated rings. The van der Waals surface area contributed by atoms with Gasteiger partial charge >= 0.3 is 0 Å². The van der Waals surface area contributed by atoms with E-state index in [9.17, 15) is 9.59 Å². The predicted octanol–water partition coefficient (Wildman–Crippen LogP) is -0.460. The first kappa shape index (κ1) is 22.3. The highest BCUT2D eigenvalue weighted by molar-refractivity contribution is 6.21. The lowest BCUT2D eigenvalue weighted by atomic mass is 10.00. The van der Waals surface area contributed by atoms with E-state index in [2.05, 4.69) is 23.6 Å². The summed E-state index contributed by atoms with van der Waals surface area (Å²) in [5.74, 6) is -0.116. The highest BCUT2D eigenvalue weighted by Crippen LogP contribution is 2.16. The van der Waals surface area contributed by atoms with E-state index in [-0.39, 0.29) is 29.0 Å². The van der Waals surface area contributed by atoms with Crippen LogP contribution < -0.4 is 16.7 Å². The zero-order valence-corrected chi connectivity index (χ0v) is 16.4. The number of quaternary nitrogens is 1. The Hall–Kier alpha value is -2.75. The maximum atomic E-state index is 12.3. The highest BCUT2D eigenvalue weighted by atomic mass is 16.7. The molecule has 5 N–H and O–H groups in total. The number of carbonyl (C=O) groups excluding carboxylic acids is 2. The van der Waals surface area contributed by atoms with E-state index in [1.165, 1.54) is 23.9 Å². The van der Waals surface area contributed by atoms with E-state index in [4.69, 9.17) is 10.6 Å². The van der Waals surface area contributed by atoms with Gasteiger partial charge in [0.15, 0.2) is 5.70 Å². The van der Waals surface area contributed by atoms with Crippen molar-refractivity contribution in [3.63, 3.8) is 0 Å². The average molecular weight is 377 g/mol. The molecule has 0 aliphatic heterocycles. The number of nitrogens with zero attached hydrogens (tertiary/aromatic N) is 3. The lowest BCUT2D eigenvalue weighted by Gasteiger charge is -2.28. The molecule has 0 bridgehead atoms. The third-order valence-electron chi connectivity index (χ3n) is 3.92. The molecule has 0 aromatic heterocycles. The number of carbonyl (C=O) groups is 2. The summed E-state index contributed by atoms with van der Waals surface area (Å²) in [6.45, 7) is 11.6. The number of nitrogens with one attached hydrogen (secondary N) is 1. The summed E-state index contributed by atoms with van der Waals surface area (Å²) in [4.78, 5) is 35.5. The molecule has 1 aliphatic rings. The van der Waals surface area contributed by atoms with E-state index < -0.39 is 0 Å². The Labute approximate surface area is 159 Å². The molecule has 0 saturated carbocycles. The molecular formula is C18H29N6O3+. The van der Waals surface area contributed by atoms with E-state index in [0.29, 0.717) is 24.4 Å². The summed E-state index contributed by atoms with van der Waals surface area (Å²) in [6, 6.07) is -0.0646. The molecule has 148 valence electrons. The molecule has 1 aliphatic carbocycles. The highest BCUT2D eigenvalue weighted by Gasteiger charge is 2.32. The molecule has 27 heavy (non-hydrogen) atoms. The number of hydrazine groups is 1. The van der Waals surface area contributed by atoms with Crippen molar-refractivity contribution in [2.75, 3.05) is 20.7 Å². The number of rotatable bonds is 11. The average Bonchev–Trinajstić information content (AvgIpc) is 2.62. The van der Waals surface area contributed by atoms with Crippen LogP contribution in [0, 0.1) is 0 Å². The monoisotopic (exact) mass is 377 g/mol. The number of allylic oxidation sites excluding steroid dienone is 3. The minimum Gasteiger partial charge on any atom is -0.394 e. The topological polar surface area (TPSA) is 117 Å². The van der Waals surface area contributed by atoms with Crippen LogP contribution in [0.25, 0.3) is 0 Å². The van der Waals surface area contributed by atoms with Crippen LogP contribution in [0.1, 0.15) is 20.3 Å². The fraction of sp³-hybridized carbons (Fsp3) is 0.389. The second-order valence-corrected chi connectivity index (χ2v) is 6.16. The predicted molar refractivity (Wildman–Crippen MR) is 103 cm³/mol. The van der Waals surface area contributed by atoms with Gasteiger partial charge in [0, 0.05) is 31.4 Å². The minimum atomic E-state index is -0.371. The van der Waals surface area contributed by atoms with Gasteiger partial charge in [-0.05, 0) is 26.3 Å². The van der Waals surface area contributed by atoms with Crippen molar-refractivity contribution in [3.05, 3.63) is 48.1 Å². The SMILES string of the molecule is C=C/C=N\C(=C)N(C)CCC(C)NN([NH2+]OC)C1=C(N)C(=O)C(C)=CC1=O. The third-order valence-corrected chi connectivity index (χ3v) is 3.92. The summed E-state index contributed by atoms with van der Waals surface area (Å²) in [7, 11) is 3.33. The van der Waals surface area contributed by atoms with Crippen molar-refractivity contribution in [2.24, 2.45) is 10.7 Å². The number of hydrogen-bond acceptors (Lipinski definition) is 8. The Morgan fingerprint density at radius 1 is 1.52 bits per heavy atom. The quantitative estimate of drug-likeness (QED) is 0.193. The molecule has 0 aromatic carbocycles. The molecule has 0 aromatic rings. The zero-order valence-electron chi connectivity index (χ0n) is 16.4. The Morgan fingerprint density at radius 3 is 2.78 bits per heavy atom. The van der Waals surface area contributed by atoms with Crippen LogP contribution in [0.4, 0.5) is 0 Å². The fourth-order valence-corrected chi connectivity index (χ4v) is 2.34. The van der Waals surface area contributed by atoms with E-state index in [0.717, 1.165) is 0 Å². The van der Waals surface area contributed by atoms with Crippen molar-refractivity contribution in [3.8, 4) is 0 Å². The number of ketones is 2. The lowest BCUT2D eigenvalue weighted by molar-refractivity contribution is -0.996. The summed E-state index contributed by atoms with van der Waals surface area (Å²) in [5.41, 5.74) is 10.6. The number of aliphatic imine (C=N–C) groups is 1. The minimum absolute atomic E-state index is 0.0487. The van der Waals surface area contributed by atoms with Gasteiger partial charge in [-0.3, -0.25) is 9.59 Å². The van der Waals surface area contributed by atoms with Crippen LogP contribution in [0.5, 0.6) is 0 Å². The molecule has 0 amide bonds. The van der Waals surface area contributed by atoms with Crippen LogP contribution in [-0.4, -0.2) is 54.5 Å². The van der Waals surface area contributed by atoms with Crippen molar-refractivity contribution in [1.82, 2.24) is 15.4 Å². The molecular weight excluding hydrogens is 348 g/mol. The normalized spacial score (nSPS) is 15.8. The Balaban J connectivity index is 2.78. The Morgan fingerprint density at radius 2 is 2.19 bits per heavy atom. The summed E-state index contributed by atoms with van der Waals surface area (Å²) < 4.78 is 0. The first-order valence-corrected chi connectivity index (χ1v) is 8.46. The maximum Gasteiger partial charge on any atom is 0.211 e. The number of nitrogens with two attached hydrogens (primary N) is 2. The Bertz CT molecular complexity index is 695. The molecule has 9 nitrogen and oxygen atoms in total. The van der Waals surface area contributed by atoms with Gasteiger partial charge in [0.25, 0.3) is 0 Å². The van der Waals surface area contributed by atoms with Gasteiger partial charge in [-0.15, -0.1) is 5.12 Å². The second-order valence-electron chi connectivity index (χ2n) is 6.16. The molecule has 1 rings (SSSR count). The van der Waals surface area contributed by atoms with E-state index >= 15 is 0 Å². The summed E-state index contributed by atoms with van der Waals surface area (Å²) >= 11 is 0. The van der Waals surface area contributed by atoms with Gasteiger partial charge in [-0.1, -0.05) is 24.8 Å². The first-order valence-electron chi connectivity index (χ1n) is 8.46. The molecule has 1 atom stereocenters. The third kappa shape index (κ3) is 6.17. The van der Waals surface area contributed by atoms with Crippen LogP contribution in [-0.2, 0) is 14.4 Å². The Kier molecular flexibility index (Phi) is 8.60. The van der Waals surface area contributed by atoms with Crippen molar-refractivity contribution in [2.45, 2.75) is 26.3 Å². The largest absolute Gasteiger partial charge is 0.394 e. The van der Waals surface area contributed by atoms with Crippen molar-refractivity contribution < 1.29 is 20.0 Å². The molecule has 0 radical (unpaired) electrons. The van der Waals surface area contributed by atoms with Gasteiger partial charge in [-0.2, -0.15) is 10.3 Å². The molecule has 1 unspecified atom stereocenters. The van der Waals surface area contributed by atoms with Crippen molar-refractivity contribution >= 4 is 17.8 Å². The van der Waals surface area contributed by atoms with Crippen molar-refractivity contribution in [1.29, 1.82) is 0 Å². The van der Waals surface area contributed by atoms with E-state index in [1.54, 1.807) is 19.2 Å². The standard InChI is InChI=1S/C18H28N6O3/c1-7-9-20-14(4)23(5)10-8-13(3)21-24(22-27-6)17-15(25)11-12(2)18(26)16(17)19/h7,9,11,13,21-22H,1,4,8,10,19H2,2-3,5-6H3/p+1/b20-9-. The van der Waals surface area contributed by atoms with Crippen LogP contribution in [0.15, 0.2) is 53.1 Å². The van der Waals surface area contributed by atoms with Crippen LogP contribution in [0.2, 0.25) is 0 Å². The molecule has 0 saturated heterocycles. The zero-order chi connectivity index (χ0) is 20.6. The first-order chi connectivity index (χ1) is 12.7.